The molecule has 1 aromatic heterocycles. The lowest BCUT2D eigenvalue weighted by atomic mass is 10.2. The van der Waals surface area contributed by atoms with Gasteiger partial charge in [-0.2, -0.15) is 0 Å². The van der Waals surface area contributed by atoms with Gasteiger partial charge in [0.2, 0.25) is 0 Å². The molecule has 1 aliphatic heterocycles. The van der Waals surface area contributed by atoms with E-state index in [0.29, 0.717) is 0 Å². The Morgan fingerprint density at radius 2 is 1.60 bits per heavy atom. The molecule has 0 unspecified atom stereocenters. The monoisotopic (exact) mass is 349 g/mol. The molecule has 0 atom stereocenters. The molecule has 2 aromatic carbocycles. The normalized spacial score (nSPS) is 14.6. The maximum atomic E-state index is 5.59. The summed E-state index contributed by atoms with van der Waals surface area (Å²) >= 11 is 5.59. The highest BCUT2D eigenvalue weighted by molar-refractivity contribution is 7.80. The van der Waals surface area contributed by atoms with Crippen molar-refractivity contribution in [2.75, 3.05) is 36.4 Å². The van der Waals surface area contributed by atoms with Crippen molar-refractivity contribution >= 4 is 39.7 Å². The third-order valence-corrected chi connectivity index (χ3v) is 4.77. The molecular formula is C19H19N5S. The van der Waals surface area contributed by atoms with Gasteiger partial charge in [0.05, 0.1) is 11.0 Å². The Kier molecular flexibility index (Phi) is 4.43. The number of fused-ring (bicyclic) bond motifs is 1. The second-order valence-electron chi connectivity index (χ2n) is 6.00. The highest BCUT2D eigenvalue weighted by Crippen LogP contribution is 2.18. The van der Waals surface area contributed by atoms with E-state index in [9.17, 15) is 0 Å². The first-order valence-corrected chi connectivity index (χ1v) is 8.77. The van der Waals surface area contributed by atoms with E-state index in [1.807, 2.05) is 24.3 Å². The van der Waals surface area contributed by atoms with Gasteiger partial charge in [0.1, 0.15) is 0 Å². The van der Waals surface area contributed by atoms with Crippen LogP contribution in [0.2, 0.25) is 0 Å². The average molecular weight is 349 g/mol. The summed E-state index contributed by atoms with van der Waals surface area (Å²) in [6, 6.07) is 16.4. The number of para-hydroxylation sites is 1. The highest BCUT2D eigenvalue weighted by atomic mass is 32.1. The van der Waals surface area contributed by atoms with Crippen molar-refractivity contribution in [3.05, 3.63) is 60.9 Å². The van der Waals surface area contributed by atoms with Crippen molar-refractivity contribution in [3.63, 3.8) is 0 Å². The smallest absolute Gasteiger partial charge is 0.173 e. The SMILES string of the molecule is S=C(Nc1ccc2nccnc2c1)N1CCN(c2ccccc2)CC1. The number of aromatic nitrogens is 2. The minimum Gasteiger partial charge on any atom is -0.368 e. The van der Waals surface area contributed by atoms with Crippen LogP contribution in [-0.2, 0) is 0 Å². The summed E-state index contributed by atoms with van der Waals surface area (Å²) < 4.78 is 0. The molecule has 5 nitrogen and oxygen atoms in total. The molecule has 0 saturated carbocycles. The lowest BCUT2D eigenvalue weighted by Gasteiger charge is -2.37. The molecule has 0 spiro atoms. The van der Waals surface area contributed by atoms with Crippen LogP contribution in [-0.4, -0.2) is 46.2 Å². The molecule has 1 N–H and O–H groups in total. The summed E-state index contributed by atoms with van der Waals surface area (Å²) in [4.78, 5) is 13.2. The second kappa shape index (κ2) is 7.03. The summed E-state index contributed by atoms with van der Waals surface area (Å²) in [7, 11) is 0. The number of benzene rings is 2. The van der Waals surface area contributed by atoms with Gasteiger partial charge in [0.25, 0.3) is 0 Å². The molecule has 2 heterocycles. The molecule has 1 aliphatic rings. The van der Waals surface area contributed by atoms with Crippen molar-refractivity contribution < 1.29 is 0 Å². The lowest BCUT2D eigenvalue weighted by molar-refractivity contribution is 0.391. The number of thiocarbonyl (C=S) groups is 1. The number of nitrogens with one attached hydrogen (secondary N) is 1. The van der Waals surface area contributed by atoms with E-state index < -0.39 is 0 Å². The van der Waals surface area contributed by atoms with Crippen LogP contribution in [0.4, 0.5) is 11.4 Å². The summed E-state index contributed by atoms with van der Waals surface area (Å²) in [5.74, 6) is 0. The molecule has 1 saturated heterocycles. The van der Waals surface area contributed by atoms with Gasteiger partial charge < -0.3 is 15.1 Å². The Balaban J connectivity index is 1.38. The number of hydrogen-bond donors (Lipinski definition) is 1. The van der Waals surface area contributed by atoms with Gasteiger partial charge in [0.15, 0.2) is 5.11 Å². The molecule has 126 valence electrons. The number of nitrogens with zero attached hydrogens (tertiary/aromatic N) is 4. The average Bonchev–Trinajstić information content (AvgIpc) is 2.69. The molecule has 4 rings (SSSR count). The highest BCUT2D eigenvalue weighted by Gasteiger charge is 2.19. The number of rotatable bonds is 2. The lowest BCUT2D eigenvalue weighted by Crippen LogP contribution is -2.50. The first-order valence-electron chi connectivity index (χ1n) is 8.36. The van der Waals surface area contributed by atoms with E-state index in [-0.39, 0.29) is 0 Å². The van der Waals surface area contributed by atoms with Gasteiger partial charge in [-0.15, -0.1) is 0 Å². The Labute approximate surface area is 152 Å². The van der Waals surface area contributed by atoms with Crippen molar-refractivity contribution in [2.24, 2.45) is 0 Å². The van der Waals surface area contributed by atoms with Gasteiger partial charge in [-0.05, 0) is 42.5 Å². The first kappa shape index (κ1) is 15.8. The van der Waals surface area contributed by atoms with Crippen LogP contribution in [0.1, 0.15) is 0 Å². The molecular weight excluding hydrogens is 330 g/mol. The van der Waals surface area contributed by atoms with Gasteiger partial charge in [0, 0.05) is 49.9 Å². The third-order valence-electron chi connectivity index (χ3n) is 4.41. The number of anilines is 2. The van der Waals surface area contributed by atoms with E-state index >= 15 is 0 Å². The molecule has 0 radical (unpaired) electrons. The fourth-order valence-corrected chi connectivity index (χ4v) is 3.35. The molecule has 0 amide bonds. The van der Waals surface area contributed by atoms with Crippen LogP contribution < -0.4 is 10.2 Å². The second-order valence-corrected chi connectivity index (χ2v) is 6.39. The minimum atomic E-state index is 0.760. The van der Waals surface area contributed by atoms with Crippen LogP contribution >= 0.6 is 12.2 Å². The van der Waals surface area contributed by atoms with E-state index in [2.05, 4.69) is 49.4 Å². The van der Waals surface area contributed by atoms with E-state index in [1.54, 1.807) is 12.4 Å². The van der Waals surface area contributed by atoms with Gasteiger partial charge in [-0.3, -0.25) is 9.97 Å². The quantitative estimate of drug-likeness (QED) is 0.717. The first-order chi connectivity index (χ1) is 12.3. The molecule has 6 heteroatoms. The zero-order chi connectivity index (χ0) is 17.1. The van der Waals surface area contributed by atoms with Gasteiger partial charge in [-0.25, -0.2) is 0 Å². The third kappa shape index (κ3) is 3.53. The van der Waals surface area contributed by atoms with Crippen LogP contribution in [0, 0.1) is 0 Å². The minimum absolute atomic E-state index is 0.760. The Hall–Kier alpha value is -2.73. The van der Waals surface area contributed by atoms with Crippen molar-refractivity contribution in [3.8, 4) is 0 Å². The van der Waals surface area contributed by atoms with Crippen LogP contribution in [0.3, 0.4) is 0 Å². The maximum absolute atomic E-state index is 5.59. The van der Waals surface area contributed by atoms with Crippen LogP contribution in [0.25, 0.3) is 11.0 Å². The Bertz CT molecular complexity index is 875. The molecule has 1 fully saturated rings. The molecule has 0 bridgehead atoms. The van der Waals surface area contributed by atoms with E-state index in [1.165, 1.54) is 5.69 Å². The molecule has 0 aliphatic carbocycles. The predicted molar refractivity (Wildman–Crippen MR) is 106 cm³/mol. The van der Waals surface area contributed by atoms with E-state index in [0.717, 1.165) is 48.0 Å². The Morgan fingerprint density at radius 3 is 2.36 bits per heavy atom. The van der Waals surface area contributed by atoms with Crippen molar-refractivity contribution in [1.29, 1.82) is 0 Å². The van der Waals surface area contributed by atoms with Gasteiger partial charge >= 0.3 is 0 Å². The molecule has 25 heavy (non-hydrogen) atoms. The van der Waals surface area contributed by atoms with Crippen molar-refractivity contribution in [1.82, 2.24) is 14.9 Å². The predicted octanol–water partition coefficient (Wildman–Crippen LogP) is 3.15. The largest absolute Gasteiger partial charge is 0.368 e. The standard InChI is InChI=1S/C19H19N5S/c25-19(22-15-6-7-17-18(14-15)21-9-8-20-17)24-12-10-23(11-13-24)16-4-2-1-3-5-16/h1-9,14H,10-13H2,(H,22,25). The topological polar surface area (TPSA) is 44.3 Å². The summed E-state index contributed by atoms with van der Waals surface area (Å²) in [5, 5.41) is 4.09. The van der Waals surface area contributed by atoms with E-state index in [4.69, 9.17) is 12.2 Å². The fraction of sp³-hybridized carbons (Fsp3) is 0.211. The zero-order valence-corrected chi connectivity index (χ0v) is 14.6. The summed E-state index contributed by atoms with van der Waals surface area (Å²) in [5.41, 5.74) is 3.97. The molecule has 3 aromatic rings. The summed E-state index contributed by atoms with van der Waals surface area (Å²) in [6.07, 6.45) is 3.40. The zero-order valence-electron chi connectivity index (χ0n) is 13.8. The van der Waals surface area contributed by atoms with Crippen LogP contribution in [0.15, 0.2) is 60.9 Å². The number of hydrogen-bond acceptors (Lipinski definition) is 4. The van der Waals surface area contributed by atoms with Crippen molar-refractivity contribution in [2.45, 2.75) is 0 Å². The Morgan fingerprint density at radius 1 is 0.880 bits per heavy atom. The van der Waals surface area contributed by atoms with Crippen LogP contribution in [0.5, 0.6) is 0 Å². The number of piperazine rings is 1. The fourth-order valence-electron chi connectivity index (χ4n) is 3.05. The maximum Gasteiger partial charge on any atom is 0.173 e. The summed E-state index contributed by atoms with van der Waals surface area (Å²) in [6.45, 7) is 3.76. The van der Waals surface area contributed by atoms with Gasteiger partial charge in [-0.1, -0.05) is 18.2 Å².